The summed E-state index contributed by atoms with van der Waals surface area (Å²) in [6.07, 6.45) is 0.118. The van der Waals surface area contributed by atoms with Crippen LogP contribution >= 0.6 is 22.6 Å². The molecule has 0 fully saturated rings. The van der Waals surface area contributed by atoms with Crippen LogP contribution in [0.1, 0.15) is 36.7 Å². The number of aromatic amines is 1. The van der Waals surface area contributed by atoms with Crippen LogP contribution in [0, 0.1) is 3.57 Å². The summed E-state index contributed by atoms with van der Waals surface area (Å²) in [7, 11) is 0. The second-order valence-electron chi connectivity index (χ2n) is 10.7. The first-order chi connectivity index (χ1) is 19.2. The number of nitrogens with one attached hydrogen (secondary N) is 2. The molecule has 1 aromatic heterocycles. The van der Waals surface area contributed by atoms with Gasteiger partial charge in [-0.15, -0.1) is 0 Å². The maximum atomic E-state index is 11.6. The number of aliphatic hydroxyl groups is 1. The smallest absolute Gasteiger partial charge is 0.159 e. The number of fused-ring (bicyclic) bond motifs is 3. The number of hydrogen-bond donors (Lipinski definition) is 3. The van der Waals surface area contributed by atoms with Crippen molar-refractivity contribution < 1.29 is 19.4 Å². The molecule has 40 heavy (non-hydrogen) atoms. The Labute approximate surface area is 247 Å². The third kappa shape index (κ3) is 6.66. The Balaban J connectivity index is 1.14. The number of halogens is 1. The SMILES string of the molecule is CC(=O)c1ccc(Oc2ccc(CC(C)(C)NC[C@H](O)COc3cccc4[nH]c5ccccc5c34)cc2)c(I)c1. The summed E-state index contributed by atoms with van der Waals surface area (Å²) >= 11 is 2.18. The fourth-order valence-electron chi connectivity index (χ4n) is 4.81. The van der Waals surface area contributed by atoms with Crippen LogP contribution in [0.3, 0.4) is 0 Å². The maximum Gasteiger partial charge on any atom is 0.159 e. The minimum atomic E-state index is -0.660. The second-order valence-corrected chi connectivity index (χ2v) is 11.9. The van der Waals surface area contributed by atoms with E-state index in [2.05, 4.69) is 71.0 Å². The normalized spacial score (nSPS) is 12.5. The Hall–Kier alpha value is -3.40. The van der Waals surface area contributed by atoms with Gasteiger partial charge in [0.05, 0.1) is 9.09 Å². The van der Waals surface area contributed by atoms with Crippen molar-refractivity contribution in [2.24, 2.45) is 0 Å². The molecule has 0 radical (unpaired) electrons. The first-order valence-corrected chi connectivity index (χ1v) is 14.4. The molecule has 206 valence electrons. The predicted molar refractivity (Wildman–Crippen MR) is 169 cm³/mol. The monoisotopic (exact) mass is 648 g/mol. The van der Waals surface area contributed by atoms with E-state index in [1.54, 1.807) is 13.0 Å². The third-order valence-electron chi connectivity index (χ3n) is 6.88. The molecule has 4 aromatic carbocycles. The second kappa shape index (κ2) is 12.0. The molecule has 0 aliphatic carbocycles. The van der Waals surface area contributed by atoms with Crippen molar-refractivity contribution in [3.63, 3.8) is 0 Å². The molecule has 0 spiro atoms. The molecule has 0 unspecified atom stereocenters. The van der Waals surface area contributed by atoms with Crippen LogP contribution in [0.4, 0.5) is 0 Å². The van der Waals surface area contributed by atoms with Gasteiger partial charge in [-0.05, 0) is 104 Å². The van der Waals surface area contributed by atoms with Crippen LogP contribution in [0.25, 0.3) is 21.8 Å². The van der Waals surface area contributed by atoms with E-state index in [1.165, 1.54) is 0 Å². The Morgan fingerprint density at radius 3 is 2.48 bits per heavy atom. The van der Waals surface area contributed by atoms with Crippen LogP contribution in [0.2, 0.25) is 0 Å². The van der Waals surface area contributed by atoms with E-state index in [0.717, 1.165) is 54.6 Å². The van der Waals surface area contributed by atoms with Crippen molar-refractivity contribution in [1.82, 2.24) is 10.3 Å². The number of aromatic nitrogens is 1. The molecule has 0 saturated carbocycles. The fourth-order valence-corrected chi connectivity index (χ4v) is 5.43. The highest BCUT2D eigenvalue weighted by Crippen LogP contribution is 2.33. The first-order valence-electron chi connectivity index (χ1n) is 13.3. The number of ketones is 1. The summed E-state index contributed by atoms with van der Waals surface area (Å²) in [6.45, 7) is 6.40. The zero-order valence-corrected chi connectivity index (χ0v) is 25.0. The van der Waals surface area contributed by atoms with Gasteiger partial charge in [0.1, 0.15) is 30.0 Å². The molecular weight excluding hydrogens is 615 g/mol. The van der Waals surface area contributed by atoms with Gasteiger partial charge in [-0.2, -0.15) is 0 Å². The number of hydrogen-bond acceptors (Lipinski definition) is 5. The van der Waals surface area contributed by atoms with Crippen molar-refractivity contribution in [1.29, 1.82) is 0 Å². The number of benzene rings is 4. The average Bonchev–Trinajstić information content (AvgIpc) is 3.32. The summed E-state index contributed by atoms with van der Waals surface area (Å²) in [5, 5.41) is 16.3. The van der Waals surface area contributed by atoms with Crippen molar-refractivity contribution >= 4 is 50.2 Å². The number of rotatable bonds is 11. The number of carbonyl (C=O) groups is 1. The molecule has 3 N–H and O–H groups in total. The quantitative estimate of drug-likeness (QED) is 0.104. The molecule has 0 saturated heterocycles. The lowest BCUT2D eigenvalue weighted by molar-refractivity contribution is 0.0996. The van der Waals surface area contributed by atoms with Gasteiger partial charge in [-0.1, -0.05) is 36.4 Å². The number of ether oxygens (including phenoxy) is 2. The predicted octanol–water partition coefficient (Wildman–Crippen LogP) is 7.27. The van der Waals surface area contributed by atoms with Gasteiger partial charge in [-0.25, -0.2) is 0 Å². The molecule has 1 atom stereocenters. The van der Waals surface area contributed by atoms with Crippen LogP contribution in [-0.4, -0.2) is 40.7 Å². The van der Waals surface area contributed by atoms with E-state index in [0.29, 0.717) is 12.1 Å². The largest absolute Gasteiger partial charge is 0.490 e. The maximum absolute atomic E-state index is 11.6. The summed E-state index contributed by atoms with van der Waals surface area (Å²) in [5.74, 6) is 2.26. The van der Waals surface area contributed by atoms with Crippen molar-refractivity contribution in [2.45, 2.75) is 38.8 Å². The van der Waals surface area contributed by atoms with Gasteiger partial charge in [0.15, 0.2) is 5.78 Å². The van der Waals surface area contributed by atoms with E-state index in [9.17, 15) is 9.90 Å². The van der Waals surface area contributed by atoms with Crippen LogP contribution in [-0.2, 0) is 6.42 Å². The topological polar surface area (TPSA) is 83.6 Å². The number of para-hydroxylation sites is 1. The average molecular weight is 649 g/mol. The van der Waals surface area contributed by atoms with E-state index in [1.807, 2.05) is 54.6 Å². The summed E-state index contributed by atoms with van der Waals surface area (Å²) in [4.78, 5) is 15.0. The lowest BCUT2D eigenvalue weighted by Gasteiger charge is -2.28. The van der Waals surface area contributed by atoms with Crippen molar-refractivity contribution in [3.05, 3.63) is 99.6 Å². The van der Waals surface area contributed by atoms with Gasteiger partial charge >= 0.3 is 0 Å². The zero-order valence-electron chi connectivity index (χ0n) is 22.8. The highest BCUT2D eigenvalue weighted by atomic mass is 127. The standard InChI is InChI=1S/C33H33IN2O4/c1-21(37)23-13-16-30(27(34)17-23)40-25-14-11-22(12-15-25)18-33(2,3)35-19-24(38)20-39-31-10-6-9-29-32(31)26-7-4-5-8-28(26)36-29/h4-17,24,35-36,38H,18-20H2,1-3H3/t24-/m0/s1. The molecule has 0 aliphatic rings. The number of β-amino-alcohol motifs (C(OH)–C–C–N with tert-alkyl or cyclic N) is 1. The number of Topliss-reactive ketones (excluding diaryl/α,β-unsaturated/α-hetero) is 1. The van der Waals surface area contributed by atoms with Gasteiger partial charge in [-0.3, -0.25) is 4.79 Å². The van der Waals surface area contributed by atoms with E-state index < -0.39 is 6.10 Å². The lowest BCUT2D eigenvalue weighted by Crippen LogP contribution is -2.46. The van der Waals surface area contributed by atoms with Gasteiger partial charge in [0, 0.05) is 33.9 Å². The molecule has 7 heteroatoms. The lowest BCUT2D eigenvalue weighted by atomic mass is 9.94. The minimum Gasteiger partial charge on any atom is -0.490 e. The molecule has 5 rings (SSSR count). The Morgan fingerprint density at radius 2 is 1.73 bits per heavy atom. The van der Waals surface area contributed by atoms with Crippen LogP contribution in [0.5, 0.6) is 17.2 Å². The van der Waals surface area contributed by atoms with Gasteiger partial charge in [0.2, 0.25) is 0 Å². The summed E-state index contributed by atoms with van der Waals surface area (Å²) in [6, 6.07) is 27.6. The molecule has 0 aliphatic heterocycles. The van der Waals surface area contributed by atoms with Gasteiger partial charge < -0.3 is 24.9 Å². The van der Waals surface area contributed by atoms with E-state index in [4.69, 9.17) is 9.47 Å². The first kappa shape index (κ1) is 28.1. The number of H-pyrrole nitrogens is 1. The molecule has 5 aromatic rings. The highest BCUT2D eigenvalue weighted by molar-refractivity contribution is 14.1. The number of carbonyl (C=O) groups excluding carboxylic acids is 1. The molecule has 1 heterocycles. The highest BCUT2D eigenvalue weighted by Gasteiger charge is 2.20. The Morgan fingerprint density at radius 1 is 0.975 bits per heavy atom. The number of aliphatic hydroxyl groups excluding tert-OH is 1. The van der Waals surface area contributed by atoms with Crippen molar-refractivity contribution in [2.75, 3.05) is 13.2 Å². The molecule has 6 nitrogen and oxygen atoms in total. The third-order valence-corrected chi connectivity index (χ3v) is 7.72. The van der Waals surface area contributed by atoms with Crippen LogP contribution in [0.15, 0.2) is 84.9 Å². The minimum absolute atomic E-state index is 0.0353. The molecule has 0 amide bonds. The Bertz CT molecular complexity index is 1640. The van der Waals surface area contributed by atoms with E-state index in [-0.39, 0.29) is 17.9 Å². The summed E-state index contributed by atoms with van der Waals surface area (Å²) < 4.78 is 13.0. The molecular formula is C33H33IN2O4. The fraction of sp³-hybridized carbons (Fsp3) is 0.242. The summed E-state index contributed by atoms with van der Waals surface area (Å²) in [5.41, 5.74) is 3.67. The van der Waals surface area contributed by atoms with E-state index >= 15 is 0 Å². The van der Waals surface area contributed by atoms with Crippen LogP contribution < -0.4 is 14.8 Å². The molecule has 0 bridgehead atoms. The zero-order chi connectivity index (χ0) is 28.3. The Kier molecular flexibility index (Phi) is 8.44. The van der Waals surface area contributed by atoms with Crippen molar-refractivity contribution in [3.8, 4) is 17.2 Å². The van der Waals surface area contributed by atoms with Gasteiger partial charge in [0.25, 0.3) is 0 Å².